The number of nitrogens with zero attached hydrogens (tertiary/aromatic N) is 5. The monoisotopic (exact) mass is 310 g/mol. The van der Waals surface area contributed by atoms with E-state index in [2.05, 4.69) is 20.5 Å². The molecule has 7 heteroatoms. The van der Waals surface area contributed by atoms with Gasteiger partial charge in [-0.05, 0) is 24.6 Å². The van der Waals surface area contributed by atoms with Crippen molar-refractivity contribution in [2.45, 2.75) is 19.5 Å². The Labute approximate surface area is 134 Å². The number of pyridine rings is 1. The van der Waals surface area contributed by atoms with Gasteiger partial charge in [0.1, 0.15) is 6.04 Å². The van der Waals surface area contributed by atoms with Crippen LogP contribution in [0.15, 0.2) is 49.3 Å². The molecule has 3 heterocycles. The molecule has 3 rings (SSSR count). The second kappa shape index (κ2) is 6.43. The Morgan fingerprint density at radius 3 is 2.83 bits per heavy atom. The number of carbonyl (C=O) groups is 1. The van der Waals surface area contributed by atoms with E-state index in [-0.39, 0.29) is 11.9 Å². The number of aromatic nitrogens is 5. The molecule has 0 fully saturated rings. The highest BCUT2D eigenvalue weighted by Crippen LogP contribution is 2.18. The first-order valence-electron chi connectivity index (χ1n) is 7.33. The molecule has 0 saturated carbocycles. The van der Waals surface area contributed by atoms with Crippen molar-refractivity contribution in [1.82, 2.24) is 29.9 Å². The minimum atomic E-state index is -0.348. The zero-order valence-electron chi connectivity index (χ0n) is 13.0. The Kier molecular flexibility index (Phi) is 4.18. The molecule has 0 bridgehead atoms. The van der Waals surface area contributed by atoms with Gasteiger partial charge in [0.15, 0.2) is 0 Å². The van der Waals surface area contributed by atoms with Crippen LogP contribution in [0.2, 0.25) is 0 Å². The fourth-order valence-corrected chi connectivity index (χ4v) is 2.28. The number of aryl methyl sites for hydroxylation is 1. The number of hydrogen-bond acceptors (Lipinski definition) is 4. The quantitative estimate of drug-likeness (QED) is 0.775. The molecule has 1 amide bonds. The maximum Gasteiger partial charge on any atom is 0.244 e. The van der Waals surface area contributed by atoms with E-state index in [0.717, 1.165) is 16.7 Å². The normalized spacial score (nSPS) is 12.1. The number of hydrogen-bond donors (Lipinski definition) is 1. The van der Waals surface area contributed by atoms with Gasteiger partial charge in [0.25, 0.3) is 0 Å². The van der Waals surface area contributed by atoms with Crippen molar-refractivity contribution < 1.29 is 4.79 Å². The third-order valence-electron chi connectivity index (χ3n) is 3.60. The first-order valence-corrected chi connectivity index (χ1v) is 7.33. The largest absolute Gasteiger partial charge is 0.350 e. The van der Waals surface area contributed by atoms with Crippen molar-refractivity contribution in [3.63, 3.8) is 0 Å². The molecule has 0 saturated heterocycles. The van der Waals surface area contributed by atoms with E-state index in [1.165, 1.54) is 0 Å². The number of carbonyl (C=O) groups excluding carboxylic acids is 1. The molecule has 3 aromatic heterocycles. The average molecular weight is 310 g/mol. The van der Waals surface area contributed by atoms with Crippen LogP contribution in [0.3, 0.4) is 0 Å². The van der Waals surface area contributed by atoms with Gasteiger partial charge in [-0.3, -0.25) is 19.1 Å². The molecule has 0 aliphatic rings. The zero-order chi connectivity index (χ0) is 16.2. The Bertz CT molecular complexity index is 793. The molecule has 0 aliphatic heterocycles. The molecule has 0 aromatic carbocycles. The van der Waals surface area contributed by atoms with E-state index >= 15 is 0 Å². The summed E-state index contributed by atoms with van der Waals surface area (Å²) in [5.74, 6) is -0.0829. The fourth-order valence-electron chi connectivity index (χ4n) is 2.28. The zero-order valence-corrected chi connectivity index (χ0v) is 13.0. The van der Waals surface area contributed by atoms with Gasteiger partial charge in [0.05, 0.1) is 6.20 Å². The number of nitrogens with one attached hydrogen (secondary N) is 1. The molecule has 1 unspecified atom stereocenters. The first-order chi connectivity index (χ1) is 11.1. The minimum Gasteiger partial charge on any atom is -0.350 e. The highest BCUT2D eigenvalue weighted by atomic mass is 16.2. The second-order valence-corrected chi connectivity index (χ2v) is 5.36. The number of amides is 1. The molecule has 7 nitrogen and oxygen atoms in total. The Morgan fingerprint density at radius 2 is 2.13 bits per heavy atom. The van der Waals surface area contributed by atoms with Crippen molar-refractivity contribution >= 4 is 5.91 Å². The van der Waals surface area contributed by atoms with Crippen molar-refractivity contribution in [2.24, 2.45) is 7.05 Å². The number of rotatable bonds is 5. The van der Waals surface area contributed by atoms with Crippen molar-refractivity contribution in [2.75, 3.05) is 0 Å². The molecule has 0 aliphatic carbocycles. The average Bonchev–Trinajstić information content (AvgIpc) is 3.23. The summed E-state index contributed by atoms with van der Waals surface area (Å²) in [6, 6.07) is 3.45. The summed E-state index contributed by atoms with van der Waals surface area (Å²) in [6.45, 7) is 2.23. The van der Waals surface area contributed by atoms with Gasteiger partial charge in [-0.15, -0.1) is 0 Å². The molecule has 118 valence electrons. The molecule has 23 heavy (non-hydrogen) atoms. The van der Waals surface area contributed by atoms with Crippen LogP contribution in [0, 0.1) is 0 Å². The topological polar surface area (TPSA) is 77.6 Å². The van der Waals surface area contributed by atoms with Crippen LogP contribution in [0.4, 0.5) is 0 Å². The van der Waals surface area contributed by atoms with Crippen molar-refractivity contribution in [1.29, 1.82) is 0 Å². The van der Waals surface area contributed by atoms with Gasteiger partial charge < -0.3 is 5.32 Å². The van der Waals surface area contributed by atoms with Gasteiger partial charge in [0.2, 0.25) is 5.91 Å². The predicted molar refractivity (Wildman–Crippen MR) is 85.2 cm³/mol. The van der Waals surface area contributed by atoms with E-state index in [1.807, 2.05) is 26.2 Å². The fraction of sp³-hybridized carbons (Fsp3) is 0.250. The van der Waals surface area contributed by atoms with Crippen LogP contribution >= 0.6 is 0 Å². The lowest BCUT2D eigenvalue weighted by Gasteiger charge is -2.12. The molecule has 0 radical (unpaired) electrons. The van der Waals surface area contributed by atoms with Crippen LogP contribution in [0.1, 0.15) is 18.5 Å². The standard InChI is InChI=1S/C16H18N6O/c1-12(22-5-3-4-19-22)16(23)18-8-13-6-14(9-17-7-13)15-10-20-21(2)11-15/h3-7,9-12H,8H2,1-2H3,(H,18,23). The summed E-state index contributed by atoms with van der Waals surface area (Å²) in [7, 11) is 1.87. The maximum atomic E-state index is 12.2. The van der Waals surface area contributed by atoms with E-state index < -0.39 is 0 Å². The summed E-state index contributed by atoms with van der Waals surface area (Å²) in [5, 5.41) is 11.2. The summed E-state index contributed by atoms with van der Waals surface area (Å²) in [5.41, 5.74) is 2.91. The summed E-state index contributed by atoms with van der Waals surface area (Å²) >= 11 is 0. The molecule has 1 N–H and O–H groups in total. The van der Waals surface area contributed by atoms with Gasteiger partial charge in [-0.25, -0.2) is 0 Å². The summed E-state index contributed by atoms with van der Waals surface area (Å²) in [6.07, 6.45) is 10.7. The smallest absolute Gasteiger partial charge is 0.244 e. The SMILES string of the molecule is CC(C(=O)NCc1cncc(-c2cnn(C)c2)c1)n1cccn1. The predicted octanol–water partition coefficient (Wildman–Crippen LogP) is 1.56. The van der Waals surface area contributed by atoms with Crippen molar-refractivity contribution in [3.05, 3.63) is 54.9 Å². The van der Waals surface area contributed by atoms with Crippen LogP contribution in [0.5, 0.6) is 0 Å². The highest BCUT2D eigenvalue weighted by Gasteiger charge is 2.14. The summed E-state index contributed by atoms with van der Waals surface area (Å²) in [4.78, 5) is 16.4. The molecule has 1 atom stereocenters. The molecular formula is C16H18N6O. The van der Waals surface area contributed by atoms with Crippen LogP contribution in [-0.2, 0) is 18.4 Å². The first kappa shape index (κ1) is 15.0. The van der Waals surface area contributed by atoms with E-state index in [0.29, 0.717) is 6.54 Å². The van der Waals surface area contributed by atoms with Gasteiger partial charge in [0, 0.05) is 55.7 Å². The lowest BCUT2D eigenvalue weighted by molar-refractivity contribution is -0.124. The molecular weight excluding hydrogens is 292 g/mol. The Balaban J connectivity index is 1.65. The third-order valence-corrected chi connectivity index (χ3v) is 3.60. The van der Waals surface area contributed by atoms with Crippen molar-refractivity contribution in [3.8, 4) is 11.1 Å². The lowest BCUT2D eigenvalue weighted by atomic mass is 10.1. The van der Waals surface area contributed by atoms with E-state index in [9.17, 15) is 4.79 Å². The van der Waals surface area contributed by atoms with Gasteiger partial charge in [-0.2, -0.15) is 10.2 Å². The Hall–Kier alpha value is -2.96. The second-order valence-electron chi connectivity index (χ2n) is 5.36. The summed E-state index contributed by atoms with van der Waals surface area (Å²) < 4.78 is 3.37. The molecule has 0 spiro atoms. The third kappa shape index (κ3) is 3.45. The van der Waals surface area contributed by atoms with Gasteiger partial charge >= 0.3 is 0 Å². The van der Waals surface area contributed by atoms with Gasteiger partial charge in [-0.1, -0.05) is 0 Å². The Morgan fingerprint density at radius 1 is 1.26 bits per heavy atom. The van der Waals surface area contributed by atoms with E-state index in [4.69, 9.17) is 0 Å². The lowest BCUT2D eigenvalue weighted by Crippen LogP contribution is -2.30. The maximum absolute atomic E-state index is 12.2. The van der Waals surface area contributed by atoms with Crippen LogP contribution in [0.25, 0.3) is 11.1 Å². The highest BCUT2D eigenvalue weighted by molar-refractivity contribution is 5.79. The molecule has 3 aromatic rings. The van der Waals surface area contributed by atoms with E-state index in [1.54, 1.807) is 46.4 Å². The van der Waals surface area contributed by atoms with Crippen LogP contribution in [-0.4, -0.2) is 30.5 Å². The van der Waals surface area contributed by atoms with Crippen LogP contribution < -0.4 is 5.32 Å². The minimum absolute atomic E-state index is 0.0829.